The van der Waals surface area contributed by atoms with Crippen LogP contribution in [0.25, 0.3) is 0 Å². The lowest BCUT2D eigenvalue weighted by molar-refractivity contribution is -0.132. The molecule has 1 saturated heterocycles. The van der Waals surface area contributed by atoms with Gasteiger partial charge in [0, 0.05) is 25.8 Å². The van der Waals surface area contributed by atoms with E-state index in [-0.39, 0.29) is 18.1 Å². The first-order valence-corrected chi connectivity index (χ1v) is 8.31. The standard InChI is InChI=1S/C12H23NO3S/c1-10(2)11-4-7-13(8-5-11)12(14)6-9-17(3,15)16/h10-11H,4-9H2,1-3H3. The summed E-state index contributed by atoms with van der Waals surface area (Å²) in [6.07, 6.45) is 3.39. The van der Waals surface area contributed by atoms with Crippen molar-refractivity contribution >= 4 is 15.7 Å². The van der Waals surface area contributed by atoms with Gasteiger partial charge in [0.05, 0.1) is 5.75 Å². The molecule has 0 saturated carbocycles. The van der Waals surface area contributed by atoms with Gasteiger partial charge in [-0.1, -0.05) is 13.8 Å². The number of amides is 1. The largest absolute Gasteiger partial charge is 0.343 e. The van der Waals surface area contributed by atoms with Crippen LogP contribution in [0.4, 0.5) is 0 Å². The number of likely N-dealkylation sites (tertiary alicyclic amines) is 1. The molecule has 1 aliphatic heterocycles. The van der Waals surface area contributed by atoms with Crippen molar-refractivity contribution in [3.05, 3.63) is 0 Å². The summed E-state index contributed by atoms with van der Waals surface area (Å²) in [6.45, 7) is 5.99. The van der Waals surface area contributed by atoms with Gasteiger partial charge in [-0.25, -0.2) is 8.42 Å². The monoisotopic (exact) mass is 261 g/mol. The molecular weight excluding hydrogens is 238 g/mol. The van der Waals surface area contributed by atoms with E-state index < -0.39 is 9.84 Å². The van der Waals surface area contributed by atoms with Gasteiger partial charge in [0.15, 0.2) is 0 Å². The van der Waals surface area contributed by atoms with Crippen LogP contribution in [0.5, 0.6) is 0 Å². The maximum atomic E-state index is 11.8. The molecule has 0 aromatic heterocycles. The lowest BCUT2D eigenvalue weighted by Crippen LogP contribution is -2.40. The predicted octanol–water partition coefficient (Wildman–Crippen LogP) is 1.32. The third-order valence-electron chi connectivity index (χ3n) is 3.52. The van der Waals surface area contributed by atoms with Crippen LogP contribution in [0.2, 0.25) is 0 Å². The van der Waals surface area contributed by atoms with Crippen molar-refractivity contribution in [1.29, 1.82) is 0 Å². The Balaban J connectivity index is 2.36. The Morgan fingerprint density at radius 3 is 2.24 bits per heavy atom. The third kappa shape index (κ3) is 5.06. The Hall–Kier alpha value is -0.580. The molecule has 0 aromatic rings. The van der Waals surface area contributed by atoms with E-state index in [1.807, 2.05) is 4.90 Å². The van der Waals surface area contributed by atoms with Crippen LogP contribution in [0.1, 0.15) is 33.1 Å². The maximum Gasteiger partial charge on any atom is 0.223 e. The lowest BCUT2D eigenvalue weighted by Gasteiger charge is -2.33. The van der Waals surface area contributed by atoms with Crippen molar-refractivity contribution < 1.29 is 13.2 Å². The summed E-state index contributed by atoms with van der Waals surface area (Å²) < 4.78 is 22.0. The summed E-state index contributed by atoms with van der Waals surface area (Å²) in [4.78, 5) is 13.6. The Morgan fingerprint density at radius 1 is 1.29 bits per heavy atom. The quantitative estimate of drug-likeness (QED) is 0.767. The molecule has 0 radical (unpaired) electrons. The van der Waals surface area contributed by atoms with E-state index in [4.69, 9.17) is 0 Å². The van der Waals surface area contributed by atoms with Gasteiger partial charge in [0.25, 0.3) is 0 Å². The molecule has 0 aromatic carbocycles. The van der Waals surface area contributed by atoms with Gasteiger partial charge in [-0.05, 0) is 24.7 Å². The van der Waals surface area contributed by atoms with Crippen molar-refractivity contribution in [3.8, 4) is 0 Å². The number of hydrogen-bond acceptors (Lipinski definition) is 3. The van der Waals surface area contributed by atoms with E-state index in [0.717, 1.165) is 25.9 Å². The van der Waals surface area contributed by atoms with Gasteiger partial charge in [-0.2, -0.15) is 0 Å². The van der Waals surface area contributed by atoms with E-state index in [0.29, 0.717) is 11.8 Å². The van der Waals surface area contributed by atoms with E-state index in [1.165, 1.54) is 6.26 Å². The fourth-order valence-electron chi connectivity index (χ4n) is 2.25. The molecule has 0 unspecified atom stereocenters. The minimum atomic E-state index is -3.03. The third-order valence-corrected chi connectivity index (χ3v) is 4.47. The number of hydrogen-bond donors (Lipinski definition) is 0. The van der Waals surface area contributed by atoms with Crippen LogP contribution in [-0.4, -0.2) is 44.3 Å². The van der Waals surface area contributed by atoms with Gasteiger partial charge in [0.2, 0.25) is 5.91 Å². The number of carbonyl (C=O) groups excluding carboxylic acids is 1. The Bertz CT molecular complexity index is 354. The van der Waals surface area contributed by atoms with Gasteiger partial charge in [-0.3, -0.25) is 4.79 Å². The highest BCUT2D eigenvalue weighted by molar-refractivity contribution is 7.90. The number of carbonyl (C=O) groups is 1. The van der Waals surface area contributed by atoms with Gasteiger partial charge in [0.1, 0.15) is 9.84 Å². The second-order valence-corrected chi connectivity index (χ2v) is 7.60. The molecule has 0 bridgehead atoms. The van der Waals surface area contributed by atoms with Gasteiger partial charge >= 0.3 is 0 Å². The summed E-state index contributed by atoms with van der Waals surface area (Å²) in [5.74, 6) is 1.32. The number of nitrogens with zero attached hydrogens (tertiary/aromatic N) is 1. The first kappa shape index (κ1) is 14.5. The summed E-state index contributed by atoms with van der Waals surface area (Å²) in [5, 5.41) is 0. The zero-order valence-corrected chi connectivity index (χ0v) is 11.8. The lowest BCUT2D eigenvalue weighted by atomic mass is 9.87. The zero-order chi connectivity index (χ0) is 13.1. The van der Waals surface area contributed by atoms with E-state index in [1.54, 1.807) is 0 Å². The molecule has 5 heteroatoms. The van der Waals surface area contributed by atoms with Crippen molar-refractivity contribution in [3.63, 3.8) is 0 Å². The van der Waals surface area contributed by atoms with Crippen LogP contribution >= 0.6 is 0 Å². The first-order valence-electron chi connectivity index (χ1n) is 6.25. The van der Waals surface area contributed by atoms with Crippen molar-refractivity contribution in [2.45, 2.75) is 33.1 Å². The molecule has 1 heterocycles. The highest BCUT2D eigenvalue weighted by Gasteiger charge is 2.24. The summed E-state index contributed by atoms with van der Waals surface area (Å²) in [7, 11) is -3.03. The smallest absolute Gasteiger partial charge is 0.223 e. The van der Waals surface area contributed by atoms with Gasteiger partial charge < -0.3 is 4.90 Å². The number of sulfone groups is 1. The molecule has 100 valence electrons. The van der Waals surface area contributed by atoms with Crippen molar-refractivity contribution in [2.75, 3.05) is 25.1 Å². The molecule has 4 nitrogen and oxygen atoms in total. The predicted molar refractivity (Wildman–Crippen MR) is 68.5 cm³/mol. The van der Waals surface area contributed by atoms with Crippen LogP contribution in [0, 0.1) is 11.8 Å². The van der Waals surface area contributed by atoms with Crippen LogP contribution < -0.4 is 0 Å². The normalized spacial score (nSPS) is 18.7. The molecule has 0 atom stereocenters. The van der Waals surface area contributed by atoms with Crippen LogP contribution in [-0.2, 0) is 14.6 Å². The highest BCUT2D eigenvalue weighted by atomic mass is 32.2. The fourth-order valence-corrected chi connectivity index (χ4v) is 2.79. The maximum absolute atomic E-state index is 11.8. The number of piperidine rings is 1. The summed E-state index contributed by atoms with van der Waals surface area (Å²) in [5.41, 5.74) is 0. The number of rotatable bonds is 4. The minimum absolute atomic E-state index is 0.0161. The zero-order valence-electron chi connectivity index (χ0n) is 11.0. The second kappa shape index (κ2) is 5.85. The summed E-state index contributed by atoms with van der Waals surface area (Å²) in [6, 6.07) is 0. The van der Waals surface area contributed by atoms with Crippen molar-refractivity contribution in [2.24, 2.45) is 11.8 Å². The molecule has 17 heavy (non-hydrogen) atoms. The molecular formula is C12H23NO3S. The minimum Gasteiger partial charge on any atom is -0.343 e. The second-order valence-electron chi connectivity index (χ2n) is 5.34. The molecule has 1 aliphatic rings. The summed E-state index contributed by atoms with van der Waals surface area (Å²) >= 11 is 0. The van der Waals surface area contributed by atoms with Crippen LogP contribution in [0.3, 0.4) is 0 Å². The molecule has 0 aliphatic carbocycles. The van der Waals surface area contributed by atoms with Crippen molar-refractivity contribution in [1.82, 2.24) is 4.90 Å². The topological polar surface area (TPSA) is 54.5 Å². The van der Waals surface area contributed by atoms with E-state index in [9.17, 15) is 13.2 Å². The van der Waals surface area contributed by atoms with E-state index >= 15 is 0 Å². The molecule has 1 fully saturated rings. The molecule has 1 amide bonds. The van der Waals surface area contributed by atoms with Gasteiger partial charge in [-0.15, -0.1) is 0 Å². The molecule has 0 spiro atoms. The highest BCUT2D eigenvalue weighted by Crippen LogP contribution is 2.24. The first-order chi connectivity index (χ1) is 7.79. The van der Waals surface area contributed by atoms with E-state index in [2.05, 4.69) is 13.8 Å². The Kier molecular flexibility index (Phi) is 4.98. The molecule has 0 N–H and O–H groups in total. The fraction of sp³-hybridized carbons (Fsp3) is 0.917. The molecule has 1 rings (SSSR count). The average Bonchev–Trinajstić information content (AvgIpc) is 2.25. The Labute approximate surface area is 104 Å². The van der Waals surface area contributed by atoms with Crippen LogP contribution in [0.15, 0.2) is 0 Å². The average molecular weight is 261 g/mol. The SMILES string of the molecule is CC(C)C1CCN(C(=O)CCS(C)(=O)=O)CC1. The Morgan fingerprint density at radius 2 is 1.82 bits per heavy atom.